The van der Waals surface area contributed by atoms with Gasteiger partial charge in [0.2, 0.25) is 11.5 Å². The van der Waals surface area contributed by atoms with Crippen molar-refractivity contribution in [3.8, 4) is 5.75 Å². The fourth-order valence-corrected chi connectivity index (χ4v) is 8.11. The van der Waals surface area contributed by atoms with Crippen LogP contribution in [0.2, 0.25) is 0 Å². The maximum atomic E-state index is 14.5. The summed E-state index contributed by atoms with van der Waals surface area (Å²) in [6.07, 6.45) is 2.24. The van der Waals surface area contributed by atoms with E-state index < -0.39 is 23.5 Å². The fourth-order valence-electron chi connectivity index (χ4n) is 8.11. The number of anilines is 1. The molecule has 49 heavy (non-hydrogen) atoms. The van der Waals surface area contributed by atoms with Crippen molar-refractivity contribution in [1.29, 1.82) is 0 Å². The smallest absolute Gasteiger partial charge is 0.348 e. The predicted molar refractivity (Wildman–Crippen MR) is 185 cm³/mol. The molecule has 2 amide bonds. The SMILES string of the molecule is CN(C)C/C=C/C(=O)Nc1ccccc1OC(=O)[C@@]1(O)CC2O[C@]1(C)n1c3ccccc3c3c4c(c5c6ccccc6n2c5c31)C(=O)NC4. The van der Waals surface area contributed by atoms with Gasteiger partial charge < -0.3 is 39.2 Å². The minimum Gasteiger partial charge on any atom is -0.422 e. The number of nitrogens with one attached hydrogen (secondary N) is 2. The van der Waals surface area contributed by atoms with E-state index in [0.29, 0.717) is 18.7 Å². The zero-order valence-corrected chi connectivity index (χ0v) is 27.1. The molecule has 6 aromatic rings. The lowest BCUT2D eigenvalue weighted by atomic mass is 9.88. The quantitative estimate of drug-likeness (QED) is 0.129. The number of aromatic nitrogens is 2. The molecule has 246 valence electrons. The molecule has 0 saturated carbocycles. The molecule has 3 aliphatic rings. The molecule has 3 atom stereocenters. The van der Waals surface area contributed by atoms with Crippen LogP contribution in [0.25, 0.3) is 43.6 Å². The van der Waals surface area contributed by atoms with E-state index in [4.69, 9.17) is 9.47 Å². The lowest BCUT2D eigenvalue weighted by Crippen LogP contribution is -2.57. The van der Waals surface area contributed by atoms with E-state index in [1.807, 2.05) is 76.7 Å². The van der Waals surface area contributed by atoms with Crippen LogP contribution in [0, 0.1) is 0 Å². The first-order valence-corrected chi connectivity index (χ1v) is 16.3. The van der Waals surface area contributed by atoms with Gasteiger partial charge in [-0.3, -0.25) is 9.59 Å². The lowest BCUT2D eigenvalue weighted by Gasteiger charge is -2.37. The van der Waals surface area contributed by atoms with Crippen molar-refractivity contribution >= 4 is 67.1 Å². The molecule has 11 nitrogen and oxygen atoms in total. The van der Waals surface area contributed by atoms with Gasteiger partial charge in [0, 0.05) is 47.1 Å². The minimum absolute atomic E-state index is 0.0947. The van der Waals surface area contributed by atoms with Crippen LogP contribution < -0.4 is 15.4 Å². The van der Waals surface area contributed by atoms with E-state index in [1.54, 1.807) is 37.3 Å². The van der Waals surface area contributed by atoms with Gasteiger partial charge in [-0.25, -0.2) is 4.79 Å². The first-order chi connectivity index (χ1) is 23.6. The molecule has 11 heteroatoms. The standard InChI is InChI=1S/C38H33N5O6/c1-37-38(47,36(46)48-27-16-9-6-13-24(27)40-28(44)17-10-18-41(2)3)19-29(49-37)42-25-14-7-4-11-21(25)31-32-23(20-39-35(32)45)30-22-12-5-8-15-26(22)43(37)34(30)33(31)42/h4-17,29,47H,18-20H2,1-3H3,(H,39,45)(H,40,44)/b17-10+/t29?,37-,38-/m0/s1. The number of rotatable bonds is 6. The summed E-state index contributed by atoms with van der Waals surface area (Å²) in [6, 6.07) is 22.3. The third-order valence-corrected chi connectivity index (χ3v) is 10.3. The summed E-state index contributed by atoms with van der Waals surface area (Å²) in [5.41, 5.74) is 1.16. The molecular weight excluding hydrogens is 622 g/mol. The fraction of sp³-hybridized carbons (Fsp3) is 0.237. The van der Waals surface area contributed by atoms with E-state index >= 15 is 0 Å². The third-order valence-electron chi connectivity index (χ3n) is 10.3. The molecule has 0 radical (unpaired) electrons. The van der Waals surface area contributed by atoms with Gasteiger partial charge in [-0.15, -0.1) is 0 Å². The number of fused-ring (bicyclic) bond motifs is 13. The Hall–Kier alpha value is -5.49. The molecule has 3 N–H and O–H groups in total. The number of carbonyl (C=O) groups excluding carboxylic acids is 3. The molecular formula is C38H33N5O6. The minimum atomic E-state index is -2.18. The number of esters is 1. The summed E-state index contributed by atoms with van der Waals surface area (Å²) >= 11 is 0. The Kier molecular flexibility index (Phi) is 6.20. The number of aliphatic hydroxyl groups is 1. The summed E-state index contributed by atoms with van der Waals surface area (Å²) < 4.78 is 16.8. The molecule has 5 heterocycles. The molecule has 9 rings (SSSR count). The van der Waals surface area contributed by atoms with E-state index in [2.05, 4.69) is 10.6 Å². The second-order valence-electron chi connectivity index (χ2n) is 13.4. The number of hydrogen-bond acceptors (Lipinski definition) is 7. The number of ether oxygens (including phenoxy) is 2. The van der Waals surface area contributed by atoms with E-state index in [1.165, 1.54) is 6.08 Å². The molecule has 4 aromatic carbocycles. The lowest BCUT2D eigenvalue weighted by molar-refractivity contribution is -0.197. The Morgan fingerprint density at radius 2 is 1.71 bits per heavy atom. The highest BCUT2D eigenvalue weighted by Crippen LogP contribution is 2.57. The molecule has 2 bridgehead atoms. The van der Waals surface area contributed by atoms with Crippen LogP contribution in [0.1, 0.15) is 35.5 Å². The van der Waals surface area contributed by atoms with Crippen molar-refractivity contribution in [1.82, 2.24) is 19.4 Å². The van der Waals surface area contributed by atoms with Crippen LogP contribution in [0.15, 0.2) is 84.9 Å². The normalized spacial score (nSPS) is 22.6. The molecule has 1 saturated heterocycles. The topological polar surface area (TPSA) is 127 Å². The van der Waals surface area contributed by atoms with Crippen LogP contribution in [0.3, 0.4) is 0 Å². The van der Waals surface area contributed by atoms with Crippen LogP contribution in [-0.2, 0) is 26.6 Å². The number of benzene rings is 4. The highest BCUT2D eigenvalue weighted by molar-refractivity contribution is 6.31. The second kappa shape index (κ2) is 10.3. The number of likely N-dealkylation sites (N-methyl/N-ethyl adjacent to an activating group) is 1. The molecule has 1 unspecified atom stereocenters. The molecule has 0 spiro atoms. The summed E-state index contributed by atoms with van der Waals surface area (Å²) in [5.74, 6) is -1.33. The van der Waals surface area contributed by atoms with Gasteiger partial charge in [0.25, 0.3) is 5.91 Å². The number of carbonyl (C=O) groups is 3. The summed E-state index contributed by atoms with van der Waals surface area (Å²) in [4.78, 5) is 42.6. The van der Waals surface area contributed by atoms with Crippen molar-refractivity contribution < 1.29 is 29.0 Å². The van der Waals surface area contributed by atoms with Crippen LogP contribution in [0.4, 0.5) is 5.69 Å². The summed E-state index contributed by atoms with van der Waals surface area (Å²) in [6.45, 7) is 2.66. The maximum Gasteiger partial charge on any atom is 0.348 e. The highest BCUT2D eigenvalue weighted by atomic mass is 16.6. The van der Waals surface area contributed by atoms with Crippen molar-refractivity contribution in [2.75, 3.05) is 26.0 Å². The Bertz CT molecular complexity index is 2480. The Balaban J connectivity index is 1.24. The average Bonchev–Trinajstić information content (AvgIpc) is 3.78. The van der Waals surface area contributed by atoms with Gasteiger partial charge >= 0.3 is 5.97 Å². The number of para-hydroxylation sites is 4. The zero-order valence-electron chi connectivity index (χ0n) is 27.1. The van der Waals surface area contributed by atoms with Crippen molar-refractivity contribution in [2.24, 2.45) is 0 Å². The Morgan fingerprint density at radius 1 is 1.02 bits per heavy atom. The largest absolute Gasteiger partial charge is 0.422 e. The van der Waals surface area contributed by atoms with E-state index in [9.17, 15) is 19.5 Å². The molecule has 0 aliphatic carbocycles. The first-order valence-electron chi connectivity index (χ1n) is 16.3. The Labute approximate surface area is 280 Å². The third kappa shape index (κ3) is 3.91. The van der Waals surface area contributed by atoms with Crippen molar-refractivity contribution in [3.63, 3.8) is 0 Å². The van der Waals surface area contributed by atoms with Crippen molar-refractivity contribution in [2.45, 2.75) is 37.4 Å². The van der Waals surface area contributed by atoms with Crippen LogP contribution >= 0.6 is 0 Å². The average molecular weight is 656 g/mol. The van der Waals surface area contributed by atoms with Crippen LogP contribution in [-0.4, -0.2) is 63.2 Å². The van der Waals surface area contributed by atoms with Crippen molar-refractivity contribution in [3.05, 3.63) is 96.1 Å². The second-order valence-corrected chi connectivity index (χ2v) is 13.4. The summed E-state index contributed by atoms with van der Waals surface area (Å²) in [5, 5.41) is 22.1. The van der Waals surface area contributed by atoms with Gasteiger partial charge in [0.15, 0.2) is 11.5 Å². The zero-order chi connectivity index (χ0) is 33.8. The van der Waals surface area contributed by atoms with Gasteiger partial charge in [-0.05, 0) is 50.8 Å². The van der Waals surface area contributed by atoms with Gasteiger partial charge in [-0.1, -0.05) is 54.6 Å². The van der Waals surface area contributed by atoms with E-state index in [0.717, 1.165) is 49.2 Å². The monoisotopic (exact) mass is 655 g/mol. The molecule has 3 aliphatic heterocycles. The number of nitrogens with zero attached hydrogens (tertiary/aromatic N) is 3. The summed E-state index contributed by atoms with van der Waals surface area (Å²) in [7, 11) is 3.80. The number of hydrogen-bond donors (Lipinski definition) is 3. The van der Waals surface area contributed by atoms with Gasteiger partial charge in [-0.2, -0.15) is 0 Å². The molecule has 1 fully saturated rings. The highest BCUT2D eigenvalue weighted by Gasteiger charge is 2.66. The Morgan fingerprint density at radius 3 is 2.49 bits per heavy atom. The molecule has 2 aromatic heterocycles. The van der Waals surface area contributed by atoms with E-state index in [-0.39, 0.29) is 29.7 Å². The predicted octanol–water partition coefficient (Wildman–Crippen LogP) is 5.14. The first kappa shape index (κ1) is 29.6. The van der Waals surface area contributed by atoms with Gasteiger partial charge in [0.05, 0.1) is 33.3 Å². The maximum absolute atomic E-state index is 14.5. The van der Waals surface area contributed by atoms with Crippen LogP contribution in [0.5, 0.6) is 5.75 Å². The van der Waals surface area contributed by atoms with Gasteiger partial charge in [0.1, 0.15) is 6.23 Å². The number of amides is 2.